The molecule has 0 radical (unpaired) electrons. The van der Waals surface area contributed by atoms with Crippen molar-refractivity contribution in [1.82, 2.24) is 5.32 Å². The van der Waals surface area contributed by atoms with Crippen molar-refractivity contribution in [2.45, 2.75) is 13.0 Å². The van der Waals surface area contributed by atoms with Crippen LogP contribution < -0.4 is 16.6 Å². The molecule has 1 amide bonds. The summed E-state index contributed by atoms with van der Waals surface area (Å²) in [4.78, 5) is 11.7. The van der Waals surface area contributed by atoms with Crippen molar-refractivity contribution in [2.75, 3.05) is 19.1 Å². The van der Waals surface area contributed by atoms with E-state index in [1.54, 1.807) is 31.4 Å². The van der Waals surface area contributed by atoms with Crippen LogP contribution in [0.25, 0.3) is 0 Å². The Labute approximate surface area is 94.9 Å². The van der Waals surface area contributed by atoms with E-state index in [2.05, 4.69) is 10.7 Å². The van der Waals surface area contributed by atoms with Gasteiger partial charge < -0.3 is 15.5 Å². The molecule has 0 aromatic heterocycles. The van der Waals surface area contributed by atoms with Crippen LogP contribution in [-0.2, 0) is 4.74 Å². The first-order chi connectivity index (χ1) is 7.67. The van der Waals surface area contributed by atoms with Crippen LogP contribution >= 0.6 is 0 Å². The minimum absolute atomic E-state index is 0.00944. The van der Waals surface area contributed by atoms with Gasteiger partial charge >= 0.3 is 0 Å². The van der Waals surface area contributed by atoms with Gasteiger partial charge in [0.05, 0.1) is 6.61 Å². The number of methoxy groups -OCH3 is 1. The molecule has 1 aromatic carbocycles. The molecule has 5 nitrogen and oxygen atoms in total. The molecule has 0 aliphatic carbocycles. The van der Waals surface area contributed by atoms with E-state index >= 15 is 0 Å². The third kappa shape index (κ3) is 3.52. The summed E-state index contributed by atoms with van der Waals surface area (Å²) in [6.45, 7) is 2.38. The zero-order valence-electron chi connectivity index (χ0n) is 9.49. The van der Waals surface area contributed by atoms with Gasteiger partial charge in [-0.05, 0) is 31.2 Å². The summed E-state index contributed by atoms with van der Waals surface area (Å²) in [6.07, 6.45) is 0. The van der Waals surface area contributed by atoms with Gasteiger partial charge in [0, 0.05) is 24.4 Å². The van der Waals surface area contributed by atoms with Crippen LogP contribution in [-0.4, -0.2) is 25.7 Å². The highest BCUT2D eigenvalue weighted by molar-refractivity contribution is 5.94. The van der Waals surface area contributed by atoms with Crippen LogP contribution in [0.4, 0.5) is 5.69 Å². The zero-order chi connectivity index (χ0) is 12.0. The smallest absolute Gasteiger partial charge is 0.251 e. The van der Waals surface area contributed by atoms with Gasteiger partial charge in [0.15, 0.2) is 0 Å². The highest BCUT2D eigenvalue weighted by Crippen LogP contribution is 2.07. The number of anilines is 1. The first kappa shape index (κ1) is 12.5. The number of hydrogen-bond acceptors (Lipinski definition) is 4. The molecule has 1 aromatic rings. The van der Waals surface area contributed by atoms with Gasteiger partial charge in [-0.2, -0.15) is 0 Å². The second-order valence-corrected chi connectivity index (χ2v) is 3.55. The minimum Gasteiger partial charge on any atom is -0.383 e. The molecule has 0 saturated carbocycles. The Bertz CT molecular complexity index is 338. The SMILES string of the molecule is COCC(C)NC(=O)c1ccc(NN)cc1. The maximum atomic E-state index is 11.7. The number of rotatable bonds is 5. The molecule has 0 aliphatic rings. The summed E-state index contributed by atoms with van der Waals surface area (Å²) in [5, 5.41) is 2.82. The quantitative estimate of drug-likeness (QED) is 0.508. The van der Waals surface area contributed by atoms with Crippen molar-refractivity contribution in [3.63, 3.8) is 0 Å². The number of hydrazine groups is 1. The van der Waals surface area contributed by atoms with Gasteiger partial charge in [-0.25, -0.2) is 0 Å². The van der Waals surface area contributed by atoms with Crippen LogP contribution in [0.15, 0.2) is 24.3 Å². The van der Waals surface area contributed by atoms with Gasteiger partial charge in [0.25, 0.3) is 5.91 Å². The molecule has 0 saturated heterocycles. The van der Waals surface area contributed by atoms with Crippen molar-refractivity contribution in [1.29, 1.82) is 0 Å². The molecule has 1 rings (SSSR count). The Balaban J connectivity index is 2.59. The Morgan fingerprint density at radius 1 is 1.44 bits per heavy atom. The Kier molecular flexibility index (Phi) is 4.75. The van der Waals surface area contributed by atoms with Crippen LogP contribution in [0.2, 0.25) is 0 Å². The van der Waals surface area contributed by atoms with Crippen molar-refractivity contribution in [3.8, 4) is 0 Å². The fraction of sp³-hybridized carbons (Fsp3) is 0.364. The monoisotopic (exact) mass is 223 g/mol. The lowest BCUT2D eigenvalue weighted by Crippen LogP contribution is -2.35. The number of benzene rings is 1. The molecule has 5 heteroatoms. The number of hydrogen-bond donors (Lipinski definition) is 3. The van der Waals surface area contributed by atoms with Gasteiger partial charge in [0.2, 0.25) is 0 Å². The van der Waals surface area contributed by atoms with E-state index in [0.717, 1.165) is 5.69 Å². The predicted molar refractivity (Wildman–Crippen MR) is 63.1 cm³/mol. The maximum Gasteiger partial charge on any atom is 0.251 e. The molecular weight excluding hydrogens is 206 g/mol. The Morgan fingerprint density at radius 3 is 2.56 bits per heavy atom. The molecule has 0 fully saturated rings. The molecule has 0 aliphatic heterocycles. The minimum atomic E-state index is -0.117. The van der Waals surface area contributed by atoms with Gasteiger partial charge in [0.1, 0.15) is 0 Å². The average Bonchev–Trinajstić information content (AvgIpc) is 2.29. The predicted octanol–water partition coefficient (Wildman–Crippen LogP) is 0.737. The lowest BCUT2D eigenvalue weighted by molar-refractivity contribution is 0.0905. The van der Waals surface area contributed by atoms with Crippen molar-refractivity contribution in [2.24, 2.45) is 5.84 Å². The molecule has 88 valence electrons. The number of nitrogens with one attached hydrogen (secondary N) is 2. The van der Waals surface area contributed by atoms with Gasteiger partial charge in [-0.1, -0.05) is 0 Å². The molecule has 16 heavy (non-hydrogen) atoms. The van der Waals surface area contributed by atoms with E-state index in [1.807, 2.05) is 6.92 Å². The van der Waals surface area contributed by atoms with Gasteiger partial charge in [-0.3, -0.25) is 10.6 Å². The maximum absolute atomic E-state index is 11.7. The molecular formula is C11H17N3O2. The lowest BCUT2D eigenvalue weighted by Gasteiger charge is -2.12. The van der Waals surface area contributed by atoms with Crippen LogP contribution in [0.5, 0.6) is 0 Å². The second kappa shape index (κ2) is 6.09. The van der Waals surface area contributed by atoms with E-state index in [0.29, 0.717) is 12.2 Å². The van der Waals surface area contributed by atoms with Crippen LogP contribution in [0.3, 0.4) is 0 Å². The summed E-state index contributed by atoms with van der Waals surface area (Å²) in [7, 11) is 1.60. The fourth-order valence-corrected chi connectivity index (χ4v) is 1.32. The van der Waals surface area contributed by atoms with Crippen LogP contribution in [0, 0.1) is 0 Å². The molecule has 0 bridgehead atoms. The highest BCUT2D eigenvalue weighted by Gasteiger charge is 2.08. The largest absolute Gasteiger partial charge is 0.383 e. The lowest BCUT2D eigenvalue weighted by atomic mass is 10.2. The first-order valence-corrected chi connectivity index (χ1v) is 5.04. The summed E-state index contributed by atoms with van der Waals surface area (Å²) in [5.41, 5.74) is 3.87. The third-order valence-corrected chi connectivity index (χ3v) is 2.11. The number of carbonyl (C=O) groups excluding carboxylic acids is 1. The summed E-state index contributed by atoms with van der Waals surface area (Å²) < 4.78 is 4.94. The van der Waals surface area contributed by atoms with Crippen molar-refractivity contribution in [3.05, 3.63) is 29.8 Å². The second-order valence-electron chi connectivity index (χ2n) is 3.55. The number of nitrogen functional groups attached to an aromatic ring is 1. The molecule has 1 atom stereocenters. The molecule has 4 N–H and O–H groups in total. The topological polar surface area (TPSA) is 76.4 Å². The number of carbonyl (C=O) groups is 1. The average molecular weight is 223 g/mol. The first-order valence-electron chi connectivity index (χ1n) is 5.04. The Morgan fingerprint density at radius 2 is 2.06 bits per heavy atom. The zero-order valence-corrected chi connectivity index (χ0v) is 9.49. The standard InChI is InChI=1S/C11H17N3O2/c1-8(7-16-2)13-11(15)9-3-5-10(14-12)6-4-9/h3-6,8,14H,7,12H2,1-2H3,(H,13,15). The Hall–Kier alpha value is -1.59. The van der Waals surface area contributed by atoms with Gasteiger partial charge in [-0.15, -0.1) is 0 Å². The van der Waals surface area contributed by atoms with Crippen molar-refractivity contribution >= 4 is 11.6 Å². The summed E-state index contributed by atoms with van der Waals surface area (Å²) in [6, 6.07) is 6.91. The van der Waals surface area contributed by atoms with E-state index < -0.39 is 0 Å². The van der Waals surface area contributed by atoms with E-state index in [4.69, 9.17) is 10.6 Å². The molecule has 0 spiro atoms. The van der Waals surface area contributed by atoms with E-state index in [9.17, 15) is 4.79 Å². The van der Waals surface area contributed by atoms with Crippen molar-refractivity contribution < 1.29 is 9.53 Å². The molecule has 1 unspecified atom stereocenters. The number of nitrogens with two attached hydrogens (primary N) is 1. The number of ether oxygens (including phenoxy) is 1. The summed E-state index contributed by atoms with van der Waals surface area (Å²) >= 11 is 0. The number of amides is 1. The van der Waals surface area contributed by atoms with Crippen LogP contribution in [0.1, 0.15) is 17.3 Å². The summed E-state index contributed by atoms with van der Waals surface area (Å²) in [5.74, 6) is 5.11. The fourth-order valence-electron chi connectivity index (χ4n) is 1.32. The normalized spacial score (nSPS) is 11.9. The third-order valence-electron chi connectivity index (χ3n) is 2.11. The highest BCUT2D eigenvalue weighted by atomic mass is 16.5. The molecule has 0 heterocycles. The van der Waals surface area contributed by atoms with E-state index in [1.165, 1.54) is 0 Å². The van der Waals surface area contributed by atoms with E-state index in [-0.39, 0.29) is 11.9 Å².